The number of benzene rings is 1. The van der Waals surface area contributed by atoms with E-state index in [1.165, 1.54) is 24.3 Å². The molecular weight excluding hydrogens is 223 g/mol. The van der Waals surface area contributed by atoms with Crippen molar-refractivity contribution >= 4 is 16.8 Å². The molecule has 5 heteroatoms. The van der Waals surface area contributed by atoms with E-state index in [9.17, 15) is 14.0 Å². The summed E-state index contributed by atoms with van der Waals surface area (Å²) in [6.45, 7) is 2.23. The summed E-state index contributed by atoms with van der Waals surface area (Å²) in [4.78, 5) is 26.0. The van der Waals surface area contributed by atoms with E-state index in [0.717, 1.165) is 0 Å². The van der Waals surface area contributed by atoms with Gasteiger partial charge in [0.15, 0.2) is 5.43 Å². The van der Waals surface area contributed by atoms with Gasteiger partial charge >= 0.3 is 0 Å². The Labute approximate surface area is 96.5 Å². The number of carbonyl (C=O) groups is 1. The molecule has 4 nitrogen and oxygen atoms in total. The number of amides is 1. The first-order valence-electron chi connectivity index (χ1n) is 5.22. The predicted molar refractivity (Wildman–Crippen MR) is 62.5 cm³/mol. The van der Waals surface area contributed by atoms with Crippen molar-refractivity contribution in [2.75, 3.05) is 6.54 Å². The van der Waals surface area contributed by atoms with Crippen molar-refractivity contribution in [2.24, 2.45) is 0 Å². The lowest BCUT2D eigenvalue weighted by atomic mass is 10.2. The number of rotatable bonds is 2. The first kappa shape index (κ1) is 11.3. The largest absolute Gasteiger partial charge is 0.351 e. The van der Waals surface area contributed by atoms with Crippen LogP contribution in [0.25, 0.3) is 10.9 Å². The van der Waals surface area contributed by atoms with Gasteiger partial charge in [-0.15, -0.1) is 0 Å². The van der Waals surface area contributed by atoms with Crippen LogP contribution >= 0.6 is 0 Å². The van der Waals surface area contributed by atoms with Gasteiger partial charge in [0.25, 0.3) is 5.91 Å². The highest BCUT2D eigenvalue weighted by atomic mass is 19.1. The second kappa shape index (κ2) is 4.37. The molecule has 0 aliphatic rings. The van der Waals surface area contributed by atoms with Crippen molar-refractivity contribution in [1.82, 2.24) is 10.3 Å². The first-order valence-corrected chi connectivity index (χ1v) is 5.22. The molecule has 0 spiro atoms. The van der Waals surface area contributed by atoms with Crippen LogP contribution in [-0.2, 0) is 0 Å². The summed E-state index contributed by atoms with van der Waals surface area (Å²) in [5, 5.41) is 2.93. The molecule has 1 amide bonds. The summed E-state index contributed by atoms with van der Waals surface area (Å²) in [7, 11) is 0. The van der Waals surface area contributed by atoms with Crippen molar-refractivity contribution in [3.63, 3.8) is 0 Å². The van der Waals surface area contributed by atoms with E-state index >= 15 is 0 Å². The Morgan fingerprint density at radius 3 is 2.88 bits per heavy atom. The predicted octanol–water partition coefficient (Wildman–Crippen LogP) is 1.42. The number of aromatic amines is 1. The monoisotopic (exact) mass is 234 g/mol. The normalized spacial score (nSPS) is 10.5. The quantitative estimate of drug-likeness (QED) is 0.825. The fourth-order valence-electron chi connectivity index (χ4n) is 1.60. The molecular formula is C12H11FN2O2. The summed E-state index contributed by atoms with van der Waals surface area (Å²) < 4.78 is 13.0. The molecule has 2 aromatic rings. The number of carbonyl (C=O) groups excluding carboxylic acids is 1. The third kappa shape index (κ3) is 2.18. The minimum atomic E-state index is -0.457. The lowest BCUT2D eigenvalue weighted by Crippen LogP contribution is -2.25. The molecule has 1 aromatic heterocycles. The van der Waals surface area contributed by atoms with E-state index in [1.54, 1.807) is 6.92 Å². The van der Waals surface area contributed by atoms with E-state index in [0.29, 0.717) is 17.4 Å². The van der Waals surface area contributed by atoms with Crippen molar-refractivity contribution < 1.29 is 9.18 Å². The highest BCUT2D eigenvalue weighted by Crippen LogP contribution is 2.10. The Kier molecular flexibility index (Phi) is 2.91. The van der Waals surface area contributed by atoms with Crippen LogP contribution in [0, 0.1) is 5.82 Å². The van der Waals surface area contributed by atoms with Crippen LogP contribution in [0.5, 0.6) is 0 Å². The number of pyridine rings is 1. The number of fused-ring (bicyclic) bond motifs is 1. The molecule has 0 saturated heterocycles. The van der Waals surface area contributed by atoms with Crippen molar-refractivity contribution in [2.45, 2.75) is 6.92 Å². The maximum atomic E-state index is 13.0. The third-order valence-electron chi connectivity index (χ3n) is 2.37. The van der Waals surface area contributed by atoms with Crippen LogP contribution in [0.3, 0.4) is 0 Å². The second-order valence-electron chi connectivity index (χ2n) is 3.60. The third-order valence-corrected chi connectivity index (χ3v) is 2.37. The molecule has 0 unspecified atom stereocenters. The average molecular weight is 234 g/mol. The molecule has 0 saturated carbocycles. The Hall–Kier alpha value is -2.17. The maximum absolute atomic E-state index is 13.0. The van der Waals surface area contributed by atoms with Crippen LogP contribution in [-0.4, -0.2) is 17.4 Å². The Morgan fingerprint density at radius 1 is 1.41 bits per heavy atom. The highest BCUT2D eigenvalue weighted by Gasteiger charge is 2.08. The number of hydrogen-bond acceptors (Lipinski definition) is 2. The molecule has 1 heterocycles. The zero-order chi connectivity index (χ0) is 12.4. The fourth-order valence-corrected chi connectivity index (χ4v) is 1.60. The lowest BCUT2D eigenvalue weighted by molar-refractivity contribution is 0.0951. The van der Waals surface area contributed by atoms with Crippen LogP contribution < -0.4 is 10.7 Å². The van der Waals surface area contributed by atoms with Crippen LogP contribution in [0.1, 0.15) is 17.4 Å². The van der Waals surface area contributed by atoms with Gasteiger partial charge in [-0.25, -0.2) is 4.39 Å². The first-order chi connectivity index (χ1) is 8.11. The van der Waals surface area contributed by atoms with E-state index in [1.807, 2.05) is 0 Å². The molecule has 2 rings (SSSR count). The van der Waals surface area contributed by atoms with Crippen molar-refractivity contribution in [1.29, 1.82) is 0 Å². The van der Waals surface area contributed by atoms with Crippen molar-refractivity contribution in [3.05, 3.63) is 46.0 Å². The molecule has 0 aliphatic carbocycles. The lowest BCUT2D eigenvalue weighted by Gasteiger charge is -2.04. The van der Waals surface area contributed by atoms with Gasteiger partial charge in [0.1, 0.15) is 11.5 Å². The Morgan fingerprint density at radius 2 is 2.18 bits per heavy atom. The smallest absolute Gasteiger partial charge is 0.267 e. The number of hydrogen-bond donors (Lipinski definition) is 2. The SMILES string of the molecule is CCNC(=O)c1cc(=O)c2ccc(F)cc2[nH]1. The standard InChI is InChI=1S/C12H11FN2O2/c1-2-14-12(17)10-6-11(16)8-4-3-7(13)5-9(8)15-10/h3-6H,2H2,1H3,(H,14,17)(H,15,16). The molecule has 1 aromatic carbocycles. The van der Waals surface area contributed by atoms with Gasteiger partial charge in [0, 0.05) is 18.0 Å². The maximum Gasteiger partial charge on any atom is 0.267 e. The summed E-state index contributed by atoms with van der Waals surface area (Å²) in [5.74, 6) is -0.836. The van der Waals surface area contributed by atoms with Gasteiger partial charge in [-0.1, -0.05) is 0 Å². The van der Waals surface area contributed by atoms with E-state index in [-0.39, 0.29) is 17.0 Å². The fraction of sp³-hybridized carbons (Fsp3) is 0.167. The summed E-state index contributed by atoms with van der Waals surface area (Å²) in [6, 6.07) is 5.01. The molecule has 17 heavy (non-hydrogen) atoms. The molecule has 88 valence electrons. The number of aromatic nitrogens is 1. The number of halogens is 1. The topological polar surface area (TPSA) is 62.0 Å². The zero-order valence-corrected chi connectivity index (χ0v) is 9.21. The second-order valence-corrected chi connectivity index (χ2v) is 3.60. The summed E-state index contributed by atoms with van der Waals surface area (Å²) >= 11 is 0. The van der Waals surface area contributed by atoms with E-state index < -0.39 is 5.82 Å². The molecule has 0 atom stereocenters. The number of H-pyrrole nitrogens is 1. The van der Waals surface area contributed by atoms with Crippen LogP contribution in [0.15, 0.2) is 29.1 Å². The van der Waals surface area contributed by atoms with Gasteiger partial charge in [0.2, 0.25) is 0 Å². The molecule has 0 bridgehead atoms. The van der Waals surface area contributed by atoms with Crippen LogP contribution in [0.4, 0.5) is 4.39 Å². The van der Waals surface area contributed by atoms with Gasteiger partial charge in [-0.2, -0.15) is 0 Å². The van der Waals surface area contributed by atoms with Crippen molar-refractivity contribution in [3.8, 4) is 0 Å². The average Bonchev–Trinajstić information content (AvgIpc) is 2.28. The van der Waals surface area contributed by atoms with E-state index in [4.69, 9.17) is 0 Å². The van der Waals surface area contributed by atoms with Gasteiger partial charge in [-0.05, 0) is 25.1 Å². The summed E-state index contributed by atoms with van der Waals surface area (Å²) in [5.41, 5.74) is 0.147. The van der Waals surface area contributed by atoms with Gasteiger partial charge in [-0.3, -0.25) is 9.59 Å². The zero-order valence-electron chi connectivity index (χ0n) is 9.21. The Balaban J connectivity index is 2.61. The van der Waals surface area contributed by atoms with E-state index in [2.05, 4.69) is 10.3 Å². The van der Waals surface area contributed by atoms with Gasteiger partial charge < -0.3 is 10.3 Å². The molecule has 0 radical (unpaired) electrons. The minimum Gasteiger partial charge on any atom is -0.351 e. The molecule has 0 fully saturated rings. The number of nitrogens with one attached hydrogen (secondary N) is 2. The molecule has 0 aliphatic heterocycles. The minimum absolute atomic E-state index is 0.134. The Bertz CT molecular complexity index is 634. The molecule has 2 N–H and O–H groups in total. The summed E-state index contributed by atoms with van der Waals surface area (Å²) in [6.07, 6.45) is 0. The highest BCUT2D eigenvalue weighted by molar-refractivity contribution is 5.94. The van der Waals surface area contributed by atoms with Gasteiger partial charge in [0.05, 0.1) is 5.52 Å². The van der Waals surface area contributed by atoms with Crippen LogP contribution in [0.2, 0.25) is 0 Å².